The molecule has 0 saturated heterocycles. The van der Waals surface area contributed by atoms with Gasteiger partial charge in [0, 0.05) is 11.9 Å². The lowest BCUT2D eigenvalue weighted by Crippen LogP contribution is -1.90. The number of methoxy groups -OCH3 is 1. The molecule has 0 aliphatic heterocycles. The largest absolute Gasteiger partial charge is 0.504 e. The summed E-state index contributed by atoms with van der Waals surface area (Å²) in [5.74, 6) is 0.569. The molecule has 0 amide bonds. The van der Waals surface area contributed by atoms with E-state index < -0.39 is 0 Å². The highest BCUT2D eigenvalue weighted by atomic mass is 16.5. The third-order valence-corrected chi connectivity index (χ3v) is 2.77. The summed E-state index contributed by atoms with van der Waals surface area (Å²) in [5.41, 5.74) is 3.64. The van der Waals surface area contributed by atoms with Crippen LogP contribution in [-0.4, -0.2) is 17.2 Å². The standard InChI is InChI=1S/C15H15NO2/c1-10-8-13(6-7-16-10)11(2)12-4-5-15(18-3)14(17)9-12/h4-9,17H,2H2,1,3H3. The Morgan fingerprint density at radius 1 is 1.22 bits per heavy atom. The van der Waals surface area contributed by atoms with Crippen molar-refractivity contribution in [3.63, 3.8) is 0 Å². The molecule has 1 heterocycles. The Bertz CT molecular complexity index is 591. The minimum Gasteiger partial charge on any atom is -0.504 e. The number of aromatic hydroxyl groups is 1. The van der Waals surface area contributed by atoms with Crippen molar-refractivity contribution in [2.45, 2.75) is 6.92 Å². The summed E-state index contributed by atoms with van der Waals surface area (Å²) >= 11 is 0. The van der Waals surface area contributed by atoms with Gasteiger partial charge in [-0.15, -0.1) is 0 Å². The summed E-state index contributed by atoms with van der Waals surface area (Å²) in [4.78, 5) is 4.15. The molecule has 0 spiro atoms. The highest BCUT2D eigenvalue weighted by Crippen LogP contribution is 2.31. The average Bonchev–Trinajstić information content (AvgIpc) is 2.37. The van der Waals surface area contributed by atoms with Gasteiger partial charge in [0.2, 0.25) is 0 Å². The minimum absolute atomic E-state index is 0.113. The Morgan fingerprint density at radius 2 is 1.94 bits per heavy atom. The second kappa shape index (κ2) is 4.92. The number of phenolic OH excluding ortho intramolecular Hbond substituents is 1. The van der Waals surface area contributed by atoms with Gasteiger partial charge < -0.3 is 9.84 Å². The number of nitrogens with zero attached hydrogens (tertiary/aromatic N) is 1. The molecular weight excluding hydrogens is 226 g/mol. The molecular formula is C15H15NO2. The third-order valence-electron chi connectivity index (χ3n) is 2.77. The van der Waals surface area contributed by atoms with Crippen LogP contribution in [0, 0.1) is 6.92 Å². The van der Waals surface area contributed by atoms with Crippen LogP contribution in [0.1, 0.15) is 16.8 Å². The van der Waals surface area contributed by atoms with Crippen molar-refractivity contribution < 1.29 is 9.84 Å². The number of pyridine rings is 1. The first-order valence-corrected chi connectivity index (χ1v) is 5.61. The van der Waals surface area contributed by atoms with Crippen LogP contribution in [0.15, 0.2) is 43.1 Å². The van der Waals surface area contributed by atoms with Gasteiger partial charge in [-0.1, -0.05) is 12.6 Å². The second-order valence-electron chi connectivity index (χ2n) is 4.05. The van der Waals surface area contributed by atoms with E-state index >= 15 is 0 Å². The van der Waals surface area contributed by atoms with Crippen LogP contribution < -0.4 is 4.74 Å². The predicted molar refractivity (Wildman–Crippen MR) is 71.8 cm³/mol. The van der Waals surface area contributed by atoms with Crippen molar-refractivity contribution in [2.24, 2.45) is 0 Å². The molecule has 0 saturated carbocycles. The molecule has 2 rings (SSSR count). The Hall–Kier alpha value is -2.29. The van der Waals surface area contributed by atoms with Gasteiger partial charge in [0.15, 0.2) is 11.5 Å². The molecule has 18 heavy (non-hydrogen) atoms. The molecule has 0 unspecified atom stereocenters. The summed E-state index contributed by atoms with van der Waals surface area (Å²) in [6.45, 7) is 5.99. The second-order valence-corrected chi connectivity index (χ2v) is 4.05. The smallest absolute Gasteiger partial charge is 0.160 e. The quantitative estimate of drug-likeness (QED) is 0.897. The zero-order valence-corrected chi connectivity index (χ0v) is 10.5. The highest BCUT2D eigenvalue weighted by Gasteiger charge is 2.07. The zero-order chi connectivity index (χ0) is 13.1. The number of hydrogen-bond donors (Lipinski definition) is 1. The fourth-order valence-corrected chi connectivity index (χ4v) is 1.78. The van der Waals surface area contributed by atoms with E-state index in [1.54, 1.807) is 18.3 Å². The van der Waals surface area contributed by atoms with Crippen LogP contribution in [0.25, 0.3) is 5.57 Å². The maximum atomic E-state index is 9.76. The lowest BCUT2D eigenvalue weighted by molar-refractivity contribution is 0.373. The van der Waals surface area contributed by atoms with Gasteiger partial charge in [-0.2, -0.15) is 0 Å². The van der Waals surface area contributed by atoms with E-state index in [-0.39, 0.29) is 5.75 Å². The summed E-state index contributed by atoms with van der Waals surface area (Å²) in [7, 11) is 1.52. The Morgan fingerprint density at radius 3 is 2.56 bits per heavy atom. The number of phenols is 1. The molecule has 1 N–H and O–H groups in total. The van der Waals surface area contributed by atoms with Gasteiger partial charge in [-0.25, -0.2) is 0 Å². The lowest BCUT2D eigenvalue weighted by Gasteiger charge is -2.09. The third kappa shape index (κ3) is 2.35. The molecule has 92 valence electrons. The first-order chi connectivity index (χ1) is 8.61. The van der Waals surface area contributed by atoms with E-state index in [0.29, 0.717) is 5.75 Å². The first-order valence-electron chi connectivity index (χ1n) is 5.61. The van der Waals surface area contributed by atoms with Crippen LogP contribution >= 0.6 is 0 Å². The maximum Gasteiger partial charge on any atom is 0.160 e. The van der Waals surface area contributed by atoms with Gasteiger partial charge in [-0.05, 0) is 47.9 Å². The Kier molecular flexibility index (Phi) is 3.33. The Labute approximate surface area is 106 Å². The average molecular weight is 241 g/mol. The maximum absolute atomic E-state index is 9.76. The fourth-order valence-electron chi connectivity index (χ4n) is 1.78. The first kappa shape index (κ1) is 12.2. The molecule has 0 atom stereocenters. The van der Waals surface area contributed by atoms with E-state index in [1.807, 2.05) is 25.1 Å². The molecule has 0 bridgehead atoms. The number of rotatable bonds is 3. The van der Waals surface area contributed by atoms with E-state index in [4.69, 9.17) is 4.74 Å². The normalized spacial score (nSPS) is 10.1. The van der Waals surface area contributed by atoms with Crippen molar-refractivity contribution in [1.82, 2.24) is 4.98 Å². The van der Waals surface area contributed by atoms with Crippen LogP contribution in [-0.2, 0) is 0 Å². The van der Waals surface area contributed by atoms with Gasteiger partial charge in [0.05, 0.1) is 7.11 Å². The summed E-state index contributed by atoms with van der Waals surface area (Å²) in [5, 5.41) is 9.76. The van der Waals surface area contributed by atoms with Crippen LogP contribution in [0.4, 0.5) is 0 Å². The summed E-state index contributed by atoms with van der Waals surface area (Å²) in [6.07, 6.45) is 1.75. The summed E-state index contributed by atoms with van der Waals surface area (Å²) < 4.78 is 5.01. The molecule has 0 fully saturated rings. The molecule has 0 radical (unpaired) electrons. The number of aromatic nitrogens is 1. The molecule has 3 nitrogen and oxygen atoms in total. The van der Waals surface area contributed by atoms with E-state index in [0.717, 1.165) is 22.4 Å². The van der Waals surface area contributed by atoms with Gasteiger partial charge in [0.1, 0.15) is 0 Å². The van der Waals surface area contributed by atoms with Gasteiger partial charge >= 0.3 is 0 Å². The Balaban J connectivity index is 2.37. The molecule has 1 aromatic carbocycles. The van der Waals surface area contributed by atoms with Crippen molar-refractivity contribution in [1.29, 1.82) is 0 Å². The van der Waals surface area contributed by atoms with Crippen molar-refractivity contribution >= 4 is 5.57 Å². The molecule has 1 aromatic heterocycles. The molecule has 3 heteroatoms. The molecule has 0 aliphatic rings. The number of aryl methyl sites for hydroxylation is 1. The minimum atomic E-state index is 0.113. The fraction of sp³-hybridized carbons (Fsp3) is 0.133. The topological polar surface area (TPSA) is 42.4 Å². The molecule has 2 aromatic rings. The molecule has 0 aliphatic carbocycles. The number of ether oxygens (including phenoxy) is 1. The van der Waals surface area contributed by atoms with E-state index in [2.05, 4.69) is 11.6 Å². The van der Waals surface area contributed by atoms with Crippen LogP contribution in [0.3, 0.4) is 0 Å². The van der Waals surface area contributed by atoms with Gasteiger partial charge in [-0.3, -0.25) is 4.98 Å². The zero-order valence-electron chi connectivity index (χ0n) is 10.5. The highest BCUT2D eigenvalue weighted by molar-refractivity contribution is 5.79. The van der Waals surface area contributed by atoms with Crippen LogP contribution in [0.2, 0.25) is 0 Å². The van der Waals surface area contributed by atoms with Gasteiger partial charge in [0.25, 0.3) is 0 Å². The van der Waals surface area contributed by atoms with Crippen LogP contribution in [0.5, 0.6) is 11.5 Å². The van der Waals surface area contributed by atoms with E-state index in [1.165, 1.54) is 7.11 Å². The van der Waals surface area contributed by atoms with Crippen molar-refractivity contribution in [2.75, 3.05) is 7.11 Å². The number of hydrogen-bond acceptors (Lipinski definition) is 3. The number of benzene rings is 1. The lowest BCUT2D eigenvalue weighted by atomic mass is 9.99. The van der Waals surface area contributed by atoms with Crippen molar-refractivity contribution in [3.05, 3.63) is 59.9 Å². The SMILES string of the molecule is C=C(c1ccnc(C)c1)c1ccc(OC)c(O)c1. The monoisotopic (exact) mass is 241 g/mol. The van der Waals surface area contributed by atoms with E-state index in [9.17, 15) is 5.11 Å². The summed E-state index contributed by atoms with van der Waals surface area (Å²) in [6, 6.07) is 9.11. The van der Waals surface area contributed by atoms with Crippen molar-refractivity contribution in [3.8, 4) is 11.5 Å². The predicted octanol–water partition coefficient (Wildman–Crippen LogP) is 3.17.